The number of hydrogen-bond acceptors (Lipinski definition) is 5. The molecule has 1 fully saturated rings. The van der Waals surface area contributed by atoms with Crippen molar-refractivity contribution in [3.63, 3.8) is 0 Å². The number of rotatable bonds is 8. The standard InChI is InChI=1S/C20H29NO4/c1-4-8-15-11-18(24-5-2)12-17(19(15)22)14-21-10-7-9-16(13-21)20(23)25-6-3/h4,11-12,16,22H,1,5-10,13-14H2,2-3H3. The Balaban J connectivity index is 2.14. The summed E-state index contributed by atoms with van der Waals surface area (Å²) in [6.45, 7) is 10.7. The van der Waals surface area contributed by atoms with Crippen molar-refractivity contribution in [2.45, 2.75) is 39.7 Å². The van der Waals surface area contributed by atoms with Crippen molar-refractivity contribution in [1.82, 2.24) is 4.90 Å². The van der Waals surface area contributed by atoms with Crippen molar-refractivity contribution in [2.24, 2.45) is 5.92 Å². The fourth-order valence-corrected chi connectivity index (χ4v) is 3.30. The number of likely N-dealkylation sites (tertiary alicyclic amines) is 1. The number of phenols is 1. The highest BCUT2D eigenvalue weighted by Crippen LogP contribution is 2.31. The van der Waals surface area contributed by atoms with Crippen LogP contribution in [0.5, 0.6) is 11.5 Å². The van der Waals surface area contributed by atoms with Crippen LogP contribution in [-0.2, 0) is 22.5 Å². The molecule has 1 aromatic rings. The lowest BCUT2D eigenvalue weighted by Gasteiger charge is -2.31. The number of piperidine rings is 1. The molecule has 1 aromatic carbocycles. The van der Waals surface area contributed by atoms with Gasteiger partial charge >= 0.3 is 5.97 Å². The monoisotopic (exact) mass is 347 g/mol. The molecule has 1 aliphatic heterocycles. The smallest absolute Gasteiger partial charge is 0.310 e. The van der Waals surface area contributed by atoms with E-state index >= 15 is 0 Å². The molecule has 2 rings (SSSR count). The SMILES string of the molecule is C=CCc1cc(OCC)cc(CN2CCCC(C(=O)OCC)C2)c1O. The fraction of sp³-hybridized carbons (Fsp3) is 0.550. The molecule has 1 N–H and O–H groups in total. The highest BCUT2D eigenvalue weighted by Gasteiger charge is 2.27. The predicted octanol–water partition coefficient (Wildman–Crippen LogP) is 3.29. The van der Waals surface area contributed by atoms with Gasteiger partial charge in [0.25, 0.3) is 0 Å². The maximum absolute atomic E-state index is 12.0. The van der Waals surface area contributed by atoms with Gasteiger partial charge in [-0.3, -0.25) is 9.69 Å². The maximum atomic E-state index is 12.0. The van der Waals surface area contributed by atoms with E-state index in [0.717, 1.165) is 36.3 Å². The number of carbonyl (C=O) groups excluding carboxylic acids is 1. The Labute approximate surface area is 150 Å². The van der Waals surface area contributed by atoms with Gasteiger partial charge in [0.2, 0.25) is 0 Å². The minimum absolute atomic E-state index is 0.0847. The number of ether oxygens (including phenoxy) is 2. The molecule has 1 atom stereocenters. The number of carbonyl (C=O) groups is 1. The number of nitrogens with zero attached hydrogens (tertiary/aromatic N) is 1. The van der Waals surface area contributed by atoms with E-state index in [1.54, 1.807) is 6.08 Å². The summed E-state index contributed by atoms with van der Waals surface area (Å²) in [4.78, 5) is 14.2. The average Bonchev–Trinajstić information content (AvgIpc) is 2.60. The molecule has 0 saturated carbocycles. The summed E-state index contributed by atoms with van der Waals surface area (Å²) in [5.74, 6) is 0.845. The summed E-state index contributed by atoms with van der Waals surface area (Å²) in [5, 5.41) is 10.6. The molecule has 0 amide bonds. The second kappa shape index (κ2) is 9.47. The number of hydrogen-bond donors (Lipinski definition) is 1. The van der Waals surface area contributed by atoms with Crippen LogP contribution in [0.4, 0.5) is 0 Å². The van der Waals surface area contributed by atoms with Crippen LogP contribution < -0.4 is 4.74 Å². The summed E-state index contributed by atoms with van der Waals surface area (Å²) >= 11 is 0. The van der Waals surface area contributed by atoms with Crippen molar-refractivity contribution in [3.05, 3.63) is 35.9 Å². The van der Waals surface area contributed by atoms with Crippen LogP contribution in [0.25, 0.3) is 0 Å². The molecule has 1 saturated heterocycles. The Morgan fingerprint density at radius 2 is 2.12 bits per heavy atom. The van der Waals surface area contributed by atoms with E-state index in [4.69, 9.17) is 9.47 Å². The van der Waals surface area contributed by atoms with Crippen LogP contribution in [-0.4, -0.2) is 42.3 Å². The van der Waals surface area contributed by atoms with Crippen LogP contribution >= 0.6 is 0 Å². The second-order valence-corrected chi connectivity index (χ2v) is 6.34. The zero-order valence-electron chi connectivity index (χ0n) is 15.3. The summed E-state index contributed by atoms with van der Waals surface area (Å²) in [6, 6.07) is 3.75. The fourth-order valence-electron chi connectivity index (χ4n) is 3.30. The van der Waals surface area contributed by atoms with Gasteiger partial charge in [0.1, 0.15) is 11.5 Å². The lowest BCUT2D eigenvalue weighted by molar-refractivity contribution is -0.150. The summed E-state index contributed by atoms with van der Waals surface area (Å²) in [7, 11) is 0. The molecule has 1 unspecified atom stereocenters. The topological polar surface area (TPSA) is 59.0 Å². The molecule has 0 aromatic heterocycles. The minimum Gasteiger partial charge on any atom is -0.507 e. The molecule has 1 heterocycles. The number of phenolic OH excluding ortho intramolecular Hbond substituents is 1. The van der Waals surface area contributed by atoms with Gasteiger partial charge in [-0.1, -0.05) is 6.08 Å². The molecule has 0 radical (unpaired) electrons. The van der Waals surface area contributed by atoms with Crippen molar-refractivity contribution >= 4 is 5.97 Å². The Kier molecular flexibility index (Phi) is 7.31. The molecule has 25 heavy (non-hydrogen) atoms. The molecule has 5 nitrogen and oxygen atoms in total. The molecular formula is C20H29NO4. The number of aromatic hydroxyl groups is 1. The molecular weight excluding hydrogens is 318 g/mol. The largest absolute Gasteiger partial charge is 0.507 e. The Morgan fingerprint density at radius 1 is 1.36 bits per heavy atom. The van der Waals surface area contributed by atoms with Gasteiger partial charge in [-0.25, -0.2) is 0 Å². The van der Waals surface area contributed by atoms with Crippen LogP contribution in [0.1, 0.15) is 37.8 Å². The van der Waals surface area contributed by atoms with E-state index in [1.807, 2.05) is 26.0 Å². The van der Waals surface area contributed by atoms with E-state index in [-0.39, 0.29) is 11.9 Å². The quantitative estimate of drug-likeness (QED) is 0.578. The third-order valence-electron chi connectivity index (χ3n) is 4.44. The highest BCUT2D eigenvalue weighted by atomic mass is 16.5. The van der Waals surface area contributed by atoms with Crippen LogP contribution in [0.3, 0.4) is 0 Å². The van der Waals surface area contributed by atoms with Gasteiger partial charge in [-0.05, 0) is 51.8 Å². The van der Waals surface area contributed by atoms with Gasteiger partial charge in [0, 0.05) is 24.2 Å². The van der Waals surface area contributed by atoms with Crippen LogP contribution in [0.2, 0.25) is 0 Å². The highest BCUT2D eigenvalue weighted by molar-refractivity contribution is 5.72. The van der Waals surface area contributed by atoms with E-state index in [1.165, 1.54) is 0 Å². The Morgan fingerprint density at radius 3 is 2.80 bits per heavy atom. The van der Waals surface area contributed by atoms with Crippen molar-refractivity contribution in [3.8, 4) is 11.5 Å². The van der Waals surface area contributed by atoms with Crippen LogP contribution in [0, 0.1) is 5.92 Å². The second-order valence-electron chi connectivity index (χ2n) is 6.34. The summed E-state index contributed by atoms with van der Waals surface area (Å²) in [6.07, 6.45) is 4.17. The summed E-state index contributed by atoms with van der Waals surface area (Å²) < 4.78 is 10.8. The maximum Gasteiger partial charge on any atom is 0.310 e. The number of esters is 1. The minimum atomic E-state index is -0.119. The van der Waals surface area contributed by atoms with Gasteiger partial charge in [-0.2, -0.15) is 0 Å². The predicted molar refractivity (Wildman–Crippen MR) is 97.8 cm³/mol. The first-order valence-corrected chi connectivity index (χ1v) is 9.06. The van der Waals surface area contributed by atoms with Gasteiger partial charge < -0.3 is 14.6 Å². The third-order valence-corrected chi connectivity index (χ3v) is 4.44. The molecule has 0 bridgehead atoms. The lowest BCUT2D eigenvalue weighted by atomic mass is 9.97. The zero-order chi connectivity index (χ0) is 18.2. The van der Waals surface area contributed by atoms with Crippen molar-refractivity contribution in [1.29, 1.82) is 0 Å². The first-order valence-electron chi connectivity index (χ1n) is 9.06. The van der Waals surface area contributed by atoms with Gasteiger partial charge in [0.15, 0.2) is 0 Å². The van der Waals surface area contributed by atoms with Crippen molar-refractivity contribution in [2.75, 3.05) is 26.3 Å². The van der Waals surface area contributed by atoms with E-state index < -0.39 is 0 Å². The average molecular weight is 347 g/mol. The Bertz CT molecular complexity index is 600. The molecule has 5 heteroatoms. The third kappa shape index (κ3) is 5.23. The molecule has 0 aliphatic carbocycles. The van der Waals surface area contributed by atoms with E-state index in [9.17, 15) is 9.90 Å². The first-order chi connectivity index (χ1) is 12.1. The van der Waals surface area contributed by atoms with Gasteiger partial charge in [-0.15, -0.1) is 6.58 Å². The lowest BCUT2D eigenvalue weighted by Crippen LogP contribution is -2.39. The zero-order valence-corrected chi connectivity index (χ0v) is 15.3. The normalized spacial score (nSPS) is 17.9. The first kappa shape index (κ1) is 19.3. The number of allylic oxidation sites excluding steroid dienone is 1. The number of benzene rings is 1. The Hall–Kier alpha value is -2.01. The van der Waals surface area contributed by atoms with E-state index in [2.05, 4.69) is 11.5 Å². The van der Waals surface area contributed by atoms with Gasteiger partial charge in [0.05, 0.1) is 19.1 Å². The molecule has 1 aliphatic rings. The molecule has 0 spiro atoms. The van der Waals surface area contributed by atoms with Crippen LogP contribution in [0.15, 0.2) is 24.8 Å². The van der Waals surface area contributed by atoms with E-state index in [0.29, 0.717) is 38.5 Å². The molecule has 138 valence electrons. The summed E-state index contributed by atoms with van der Waals surface area (Å²) in [5.41, 5.74) is 1.64. The van der Waals surface area contributed by atoms with Crippen molar-refractivity contribution < 1.29 is 19.4 Å².